The summed E-state index contributed by atoms with van der Waals surface area (Å²) in [7, 11) is 2.00. The van der Waals surface area contributed by atoms with Gasteiger partial charge in [0.1, 0.15) is 10.4 Å². The van der Waals surface area contributed by atoms with Crippen LogP contribution >= 0.6 is 0 Å². The summed E-state index contributed by atoms with van der Waals surface area (Å²) < 4.78 is 4.18. The Morgan fingerprint density at radius 3 is 2.50 bits per heavy atom. The van der Waals surface area contributed by atoms with E-state index in [-0.39, 0.29) is 6.09 Å². The van der Waals surface area contributed by atoms with Gasteiger partial charge in [0.25, 0.3) is 0 Å². The summed E-state index contributed by atoms with van der Waals surface area (Å²) in [4.78, 5) is 12.3. The summed E-state index contributed by atoms with van der Waals surface area (Å²) in [6.07, 6.45) is -0.346. The van der Waals surface area contributed by atoms with Crippen molar-refractivity contribution in [3.8, 4) is 0 Å². The first-order chi connectivity index (χ1) is 2.81. The van der Waals surface area contributed by atoms with Crippen molar-refractivity contribution in [1.29, 1.82) is 0 Å². The van der Waals surface area contributed by atoms with Crippen LogP contribution in [0.2, 0.25) is 0 Å². The van der Waals surface area contributed by atoms with E-state index in [1.54, 1.807) is 0 Å². The van der Waals surface area contributed by atoms with Crippen LogP contribution in [-0.2, 0) is 4.74 Å². The molecule has 0 aromatic carbocycles. The van der Waals surface area contributed by atoms with Crippen LogP contribution in [0.15, 0.2) is 0 Å². The molecule has 0 unspecified atom stereocenters. The molecule has 36 valence electrons. The van der Waals surface area contributed by atoms with Crippen LogP contribution in [0.5, 0.6) is 0 Å². The maximum atomic E-state index is 9.88. The molecule has 0 aliphatic carbocycles. The van der Waals surface area contributed by atoms with Crippen molar-refractivity contribution in [2.45, 2.75) is 0 Å². The van der Waals surface area contributed by atoms with E-state index in [1.807, 2.05) is 0 Å². The van der Waals surface area contributed by atoms with Crippen molar-refractivity contribution < 1.29 is 9.53 Å². The molecule has 0 rings (SSSR count). The molecule has 0 bridgehead atoms. The Kier molecular flexibility index (Phi) is 2.48. The SMILES string of the molecule is COC(=O)N[SiH3]. The van der Waals surface area contributed by atoms with Gasteiger partial charge in [0, 0.05) is 0 Å². The van der Waals surface area contributed by atoms with Gasteiger partial charge in [-0.25, -0.2) is 4.79 Å². The smallest absolute Gasteiger partial charge is 0.398 e. The van der Waals surface area contributed by atoms with Crippen LogP contribution in [0.1, 0.15) is 0 Å². The summed E-state index contributed by atoms with van der Waals surface area (Å²) in [5.74, 6) is 0. The van der Waals surface area contributed by atoms with Gasteiger partial charge in [-0.2, -0.15) is 0 Å². The minimum absolute atomic E-state index is 0.346. The molecular formula is C2H7NO2Si. The highest BCUT2D eigenvalue weighted by Crippen LogP contribution is 1.61. The first kappa shape index (κ1) is 5.49. The molecule has 0 spiro atoms. The lowest BCUT2D eigenvalue weighted by Crippen LogP contribution is -2.18. The molecule has 1 amide bonds. The molecule has 1 N–H and O–H groups in total. The van der Waals surface area contributed by atoms with Crippen LogP contribution in [0, 0.1) is 0 Å². The molecule has 0 saturated carbocycles. The first-order valence-corrected chi connectivity index (χ1v) is 2.57. The zero-order chi connectivity index (χ0) is 4.99. The molecule has 0 fully saturated rings. The maximum Gasteiger partial charge on any atom is 0.398 e. The average molecular weight is 105 g/mol. The number of nitrogens with one attached hydrogen (secondary N) is 1. The summed E-state index contributed by atoms with van der Waals surface area (Å²) in [6, 6.07) is 0. The molecule has 0 aromatic heterocycles. The van der Waals surface area contributed by atoms with Gasteiger partial charge < -0.3 is 9.72 Å². The lowest BCUT2D eigenvalue weighted by atomic mass is 11.2. The van der Waals surface area contributed by atoms with E-state index in [1.165, 1.54) is 7.11 Å². The van der Waals surface area contributed by atoms with E-state index >= 15 is 0 Å². The topological polar surface area (TPSA) is 38.3 Å². The van der Waals surface area contributed by atoms with E-state index in [4.69, 9.17) is 0 Å². The third-order valence-electron chi connectivity index (χ3n) is 0.390. The number of rotatable bonds is 0. The third-order valence-corrected chi connectivity index (χ3v) is 0.798. The van der Waals surface area contributed by atoms with Crippen molar-refractivity contribution in [1.82, 2.24) is 4.98 Å². The predicted octanol–water partition coefficient (Wildman–Crippen LogP) is -1.38. The van der Waals surface area contributed by atoms with Gasteiger partial charge in [-0.15, -0.1) is 0 Å². The third kappa shape index (κ3) is 1.77. The molecule has 4 heteroatoms. The Morgan fingerprint density at radius 2 is 2.50 bits per heavy atom. The fourth-order valence-corrected chi connectivity index (χ4v) is 0.306. The van der Waals surface area contributed by atoms with Gasteiger partial charge >= 0.3 is 6.09 Å². The zero-order valence-electron chi connectivity index (χ0n) is 3.82. The number of hydrogen-bond acceptors (Lipinski definition) is 2. The monoisotopic (exact) mass is 105 g/mol. The molecule has 0 aliphatic heterocycles. The minimum Gasteiger partial charge on any atom is -0.453 e. The average Bonchev–Trinajstić information content (AvgIpc) is 1.65. The molecule has 3 nitrogen and oxygen atoms in total. The second-order valence-electron chi connectivity index (χ2n) is 0.742. The molecule has 0 heterocycles. The van der Waals surface area contributed by atoms with E-state index in [0.29, 0.717) is 10.4 Å². The number of carbonyl (C=O) groups is 1. The standard InChI is InChI=1S/C2H7NO2Si/c1-5-2(4)3-6/h1,6H3,(H,3,4). The minimum atomic E-state index is -0.346. The summed E-state index contributed by atoms with van der Waals surface area (Å²) in [5, 5.41) is 0. The molecule has 0 saturated heterocycles. The van der Waals surface area contributed by atoms with Crippen LogP contribution in [0.4, 0.5) is 4.79 Å². The quantitative estimate of drug-likeness (QED) is 0.386. The van der Waals surface area contributed by atoms with Gasteiger partial charge in [0.2, 0.25) is 0 Å². The van der Waals surface area contributed by atoms with Crippen molar-refractivity contribution in [3.63, 3.8) is 0 Å². The fraction of sp³-hybridized carbons (Fsp3) is 0.500. The maximum absolute atomic E-state index is 9.88. The van der Waals surface area contributed by atoms with Gasteiger partial charge in [0.15, 0.2) is 0 Å². The van der Waals surface area contributed by atoms with Crippen molar-refractivity contribution in [3.05, 3.63) is 0 Å². The van der Waals surface area contributed by atoms with Gasteiger partial charge in [-0.3, -0.25) is 0 Å². The molecule has 0 aromatic rings. The van der Waals surface area contributed by atoms with Crippen LogP contribution in [0.3, 0.4) is 0 Å². The van der Waals surface area contributed by atoms with E-state index in [9.17, 15) is 4.79 Å². The second-order valence-corrected chi connectivity index (χ2v) is 1.24. The first-order valence-electron chi connectivity index (χ1n) is 1.57. The Bertz CT molecular complexity index is 49.5. The largest absolute Gasteiger partial charge is 0.453 e. The van der Waals surface area contributed by atoms with Crippen LogP contribution in [0.25, 0.3) is 0 Å². The molecule has 0 aliphatic rings. The Labute approximate surface area is 39.2 Å². The predicted molar refractivity (Wildman–Crippen MR) is 25.5 cm³/mol. The van der Waals surface area contributed by atoms with E-state index in [0.717, 1.165) is 0 Å². The summed E-state index contributed by atoms with van der Waals surface area (Å²) in [5.41, 5.74) is 0. The van der Waals surface area contributed by atoms with E-state index < -0.39 is 0 Å². The van der Waals surface area contributed by atoms with Crippen LogP contribution in [-0.4, -0.2) is 23.6 Å². The number of amides is 1. The van der Waals surface area contributed by atoms with Crippen molar-refractivity contribution in [2.24, 2.45) is 0 Å². The number of methoxy groups -OCH3 is 1. The van der Waals surface area contributed by atoms with E-state index in [2.05, 4.69) is 9.72 Å². The molecule has 0 radical (unpaired) electrons. The number of hydrogen-bond donors (Lipinski definition) is 1. The highest BCUT2D eigenvalue weighted by atomic mass is 28.2. The fourth-order valence-electron chi connectivity index (χ4n) is 0.102. The van der Waals surface area contributed by atoms with Crippen LogP contribution < -0.4 is 4.98 Å². The van der Waals surface area contributed by atoms with Crippen molar-refractivity contribution in [2.75, 3.05) is 7.11 Å². The molecule has 0 atom stereocenters. The molecule has 6 heavy (non-hydrogen) atoms. The summed E-state index contributed by atoms with van der Waals surface area (Å²) >= 11 is 0. The van der Waals surface area contributed by atoms with Gasteiger partial charge in [0.05, 0.1) is 7.11 Å². The number of ether oxygens (including phenoxy) is 1. The Balaban J connectivity index is 2.99. The highest BCUT2D eigenvalue weighted by Gasteiger charge is 1.84. The number of carbonyl (C=O) groups excluding carboxylic acids is 1. The Morgan fingerprint density at radius 1 is 2.00 bits per heavy atom. The van der Waals surface area contributed by atoms with Crippen molar-refractivity contribution >= 4 is 16.5 Å². The normalized spacial score (nSPS) is 7.50. The van der Waals surface area contributed by atoms with Gasteiger partial charge in [-0.1, -0.05) is 0 Å². The Hall–Kier alpha value is -0.513. The lowest BCUT2D eigenvalue weighted by molar-refractivity contribution is 0.178. The zero-order valence-corrected chi connectivity index (χ0v) is 5.82. The molecular weight excluding hydrogens is 98.1 g/mol. The summed E-state index contributed by atoms with van der Waals surface area (Å²) in [6.45, 7) is 0. The highest BCUT2D eigenvalue weighted by molar-refractivity contribution is 6.12. The second kappa shape index (κ2) is 2.71. The van der Waals surface area contributed by atoms with Gasteiger partial charge in [-0.05, 0) is 0 Å². The lowest BCUT2D eigenvalue weighted by Gasteiger charge is -1.90.